The van der Waals surface area contributed by atoms with Gasteiger partial charge in [0.2, 0.25) is 11.8 Å². The number of rotatable bonds is 5. The Kier molecular flexibility index (Phi) is 6.05. The number of nitrogens with zero attached hydrogens (tertiary/aromatic N) is 2. The number of amides is 3. The molecule has 2 N–H and O–H groups in total. The van der Waals surface area contributed by atoms with Crippen LogP contribution in [0.2, 0.25) is 0 Å². The monoisotopic (exact) mass is 444 g/mol. The molecule has 1 aromatic heterocycles. The molecule has 4 rings (SSSR count). The van der Waals surface area contributed by atoms with E-state index in [0.717, 1.165) is 28.2 Å². The van der Waals surface area contributed by atoms with E-state index < -0.39 is 5.92 Å². The number of aromatic nitrogens is 1. The minimum absolute atomic E-state index is 0.0641. The van der Waals surface area contributed by atoms with Crippen LogP contribution in [-0.4, -0.2) is 28.9 Å². The molecule has 0 aliphatic carbocycles. The largest absolute Gasteiger partial charge is 0.326 e. The van der Waals surface area contributed by atoms with Crippen LogP contribution in [0.15, 0.2) is 54.6 Å². The van der Waals surface area contributed by atoms with Crippen LogP contribution < -0.4 is 15.6 Å². The van der Waals surface area contributed by atoms with Gasteiger partial charge < -0.3 is 10.2 Å². The Bertz CT molecular complexity index is 1200. The zero-order valence-electron chi connectivity index (χ0n) is 19.3. The summed E-state index contributed by atoms with van der Waals surface area (Å²) in [6, 6.07) is 16.6. The summed E-state index contributed by atoms with van der Waals surface area (Å²) in [4.78, 5) is 39.9. The van der Waals surface area contributed by atoms with E-state index in [2.05, 4.69) is 16.8 Å². The minimum Gasteiger partial charge on any atom is -0.326 e. The molecule has 1 aliphatic rings. The van der Waals surface area contributed by atoms with Gasteiger partial charge in [-0.25, -0.2) is 0 Å². The molecule has 3 aromatic rings. The molecule has 170 valence electrons. The van der Waals surface area contributed by atoms with Gasteiger partial charge >= 0.3 is 0 Å². The van der Waals surface area contributed by atoms with E-state index in [1.165, 1.54) is 0 Å². The van der Waals surface area contributed by atoms with Crippen molar-refractivity contribution in [2.45, 2.75) is 34.1 Å². The molecular weight excluding hydrogens is 416 g/mol. The van der Waals surface area contributed by atoms with Crippen molar-refractivity contribution in [2.75, 3.05) is 22.2 Å². The van der Waals surface area contributed by atoms with Gasteiger partial charge in [-0.2, -0.15) is 0 Å². The van der Waals surface area contributed by atoms with Crippen molar-refractivity contribution in [3.8, 4) is 0 Å². The normalized spacial score (nSPS) is 15.6. The van der Waals surface area contributed by atoms with Gasteiger partial charge in [-0.3, -0.25) is 24.5 Å². The topological polar surface area (TPSA) is 83.4 Å². The van der Waals surface area contributed by atoms with Gasteiger partial charge in [0.15, 0.2) is 0 Å². The van der Waals surface area contributed by atoms with E-state index in [1.54, 1.807) is 33.8 Å². The summed E-state index contributed by atoms with van der Waals surface area (Å²) in [6.07, 6.45) is 0.158. The Morgan fingerprint density at radius 3 is 2.24 bits per heavy atom. The molecule has 33 heavy (non-hydrogen) atoms. The predicted molar refractivity (Wildman–Crippen MR) is 129 cm³/mol. The number of anilines is 2. The number of aryl methyl sites for hydroxylation is 4. The van der Waals surface area contributed by atoms with Gasteiger partial charge in [-0.1, -0.05) is 12.1 Å². The molecule has 1 saturated heterocycles. The summed E-state index contributed by atoms with van der Waals surface area (Å²) in [7, 11) is 0. The van der Waals surface area contributed by atoms with E-state index in [4.69, 9.17) is 0 Å². The Morgan fingerprint density at radius 2 is 1.58 bits per heavy atom. The summed E-state index contributed by atoms with van der Waals surface area (Å²) >= 11 is 0. The Hall–Kier alpha value is -3.87. The Labute approximate surface area is 193 Å². The fourth-order valence-corrected chi connectivity index (χ4v) is 4.23. The molecule has 0 saturated carbocycles. The summed E-state index contributed by atoms with van der Waals surface area (Å²) in [5.41, 5.74) is 8.63. The lowest BCUT2D eigenvalue weighted by Gasteiger charge is -2.18. The molecule has 2 heterocycles. The average Bonchev–Trinajstić information content (AvgIpc) is 3.30. The Morgan fingerprint density at radius 1 is 0.909 bits per heavy atom. The second-order valence-electron chi connectivity index (χ2n) is 8.71. The minimum atomic E-state index is -0.457. The van der Waals surface area contributed by atoms with Crippen LogP contribution in [0.4, 0.5) is 11.4 Å². The number of benzene rings is 2. The van der Waals surface area contributed by atoms with Gasteiger partial charge in [0.1, 0.15) is 0 Å². The van der Waals surface area contributed by atoms with Crippen molar-refractivity contribution in [2.24, 2.45) is 5.92 Å². The molecule has 0 unspecified atom stereocenters. The van der Waals surface area contributed by atoms with E-state index in [9.17, 15) is 14.4 Å². The first-order chi connectivity index (χ1) is 15.7. The van der Waals surface area contributed by atoms with Crippen LogP contribution in [0.5, 0.6) is 0 Å². The maximum atomic E-state index is 12.9. The number of hydrogen-bond acceptors (Lipinski definition) is 3. The van der Waals surface area contributed by atoms with Gasteiger partial charge in [-0.05, 0) is 81.3 Å². The summed E-state index contributed by atoms with van der Waals surface area (Å²) in [5.74, 6) is -1.03. The molecule has 3 amide bonds. The zero-order chi connectivity index (χ0) is 23.7. The number of carbonyl (C=O) groups excluding carboxylic acids is 3. The molecular formula is C26H28N4O3. The smallest absolute Gasteiger partial charge is 0.270 e. The molecule has 0 bridgehead atoms. The molecule has 0 spiro atoms. The van der Waals surface area contributed by atoms with E-state index in [0.29, 0.717) is 17.8 Å². The fraction of sp³-hybridized carbons (Fsp3) is 0.269. The highest BCUT2D eigenvalue weighted by atomic mass is 16.2. The molecule has 1 fully saturated rings. The van der Waals surface area contributed by atoms with Crippen molar-refractivity contribution >= 4 is 29.1 Å². The molecule has 1 aliphatic heterocycles. The van der Waals surface area contributed by atoms with Gasteiger partial charge in [-0.15, -0.1) is 0 Å². The Balaban J connectivity index is 1.44. The maximum Gasteiger partial charge on any atom is 0.270 e. The fourth-order valence-electron chi connectivity index (χ4n) is 4.23. The molecule has 0 radical (unpaired) electrons. The first-order valence-corrected chi connectivity index (χ1v) is 11.0. The van der Waals surface area contributed by atoms with Crippen molar-refractivity contribution in [1.82, 2.24) is 4.68 Å². The van der Waals surface area contributed by atoms with Crippen LogP contribution in [-0.2, 0) is 9.59 Å². The van der Waals surface area contributed by atoms with Crippen LogP contribution >= 0.6 is 0 Å². The van der Waals surface area contributed by atoms with Crippen LogP contribution in [0.1, 0.15) is 39.3 Å². The standard InChI is InChI=1S/C26H28N4O3/c1-16-10-17(2)12-23(11-16)29-15-21(14-24(29)31)25(32)27-22-7-5-6-20(13-22)26(33)28-30-18(3)8-9-19(30)4/h5-13,21H,14-15H2,1-4H3,(H,27,32)(H,28,33)/t21-/m0/s1. The SMILES string of the molecule is Cc1cc(C)cc(N2C[C@@H](C(=O)Nc3cccc(C(=O)Nn4c(C)ccc4C)c3)CC2=O)c1. The number of nitrogens with one attached hydrogen (secondary N) is 2. The third-order valence-electron chi connectivity index (χ3n) is 5.89. The highest BCUT2D eigenvalue weighted by Crippen LogP contribution is 2.28. The van der Waals surface area contributed by atoms with E-state index in [-0.39, 0.29) is 24.1 Å². The molecule has 7 heteroatoms. The zero-order valence-corrected chi connectivity index (χ0v) is 19.3. The average molecular weight is 445 g/mol. The second-order valence-corrected chi connectivity index (χ2v) is 8.71. The van der Waals surface area contributed by atoms with E-state index >= 15 is 0 Å². The van der Waals surface area contributed by atoms with Crippen LogP contribution in [0.3, 0.4) is 0 Å². The number of hydrogen-bond donors (Lipinski definition) is 2. The van der Waals surface area contributed by atoms with Crippen molar-refractivity contribution in [3.05, 3.63) is 82.7 Å². The second kappa shape index (κ2) is 8.94. The molecule has 7 nitrogen and oxygen atoms in total. The van der Waals surface area contributed by atoms with Crippen molar-refractivity contribution < 1.29 is 14.4 Å². The first-order valence-electron chi connectivity index (χ1n) is 11.0. The quantitative estimate of drug-likeness (QED) is 0.622. The summed E-state index contributed by atoms with van der Waals surface area (Å²) < 4.78 is 1.72. The lowest BCUT2D eigenvalue weighted by molar-refractivity contribution is -0.122. The lowest BCUT2D eigenvalue weighted by atomic mass is 10.1. The van der Waals surface area contributed by atoms with Gasteiger partial charge in [0.25, 0.3) is 5.91 Å². The highest BCUT2D eigenvalue weighted by Gasteiger charge is 2.35. The lowest BCUT2D eigenvalue weighted by Crippen LogP contribution is -2.28. The van der Waals surface area contributed by atoms with Crippen LogP contribution in [0.25, 0.3) is 0 Å². The van der Waals surface area contributed by atoms with Crippen LogP contribution in [0, 0.1) is 33.6 Å². The molecule has 2 aromatic carbocycles. The van der Waals surface area contributed by atoms with Crippen molar-refractivity contribution in [1.29, 1.82) is 0 Å². The third-order valence-corrected chi connectivity index (χ3v) is 5.89. The first kappa shape index (κ1) is 22.3. The highest BCUT2D eigenvalue weighted by molar-refractivity contribution is 6.05. The van der Waals surface area contributed by atoms with Crippen molar-refractivity contribution in [3.63, 3.8) is 0 Å². The maximum absolute atomic E-state index is 12.9. The summed E-state index contributed by atoms with van der Waals surface area (Å²) in [5, 5.41) is 2.87. The molecule has 1 atom stereocenters. The predicted octanol–water partition coefficient (Wildman–Crippen LogP) is 4.10. The van der Waals surface area contributed by atoms with Gasteiger partial charge in [0, 0.05) is 41.3 Å². The van der Waals surface area contributed by atoms with Gasteiger partial charge in [0.05, 0.1) is 5.92 Å². The number of carbonyl (C=O) groups is 3. The summed E-state index contributed by atoms with van der Waals surface area (Å²) in [6.45, 7) is 8.13. The third kappa shape index (κ3) is 4.82. The van der Waals surface area contributed by atoms with E-state index in [1.807, 2.05) is 52.0 Å².